The van der Waals surface area contributed by atoms with E-state index in [4.69, 9.17) is 21.1 Å². The van der Waals surface area contributed by atoms with E-state index in [1.165, 1.54) is 0 Å². The molecule has 1 N–H and O–H groups in total. The lowest BCUT2D eigenvalue weighted by Gasteiger charge is -2.17. The molecular weight excluding hydrogens is 358 g/mol. The number of esters is 1. The number of ketones is 1. The molecule has 7 heteroatoms. The second kappa shape index (κ2) is 8.01. The Morgan fingerprint density at radius 1 is 1.04 bits per heavy atom. The van der Waals surface area contributed by atoms with Crippen LogP contribution < -0.4 is 10.1 Å². The van der Waals surface area contributed by atoms with Gasteiger partial charge in [0.15, 0.2) is 19.0 Å². The van der Waals surface area contributed by atoms with Crippen molar-refractivity contribution >= 4 is 34.9 Å². The Balaban J connectivity index is 1.49. The maximum atomic E-state index is 12.2. The molecule has 6 nitrogen and oxygen atoms in total. The van der Waals surface area contributed by atoms with Gasteiger partial charge in [-0.1, -0.05) is 11.6 Å². The Morgan fingerprint density at radius 2 is 1.81 bits per heavy atom. The highest BCUT2D eigenvalue weighted by Crippen LogP contribution is 2.23. The van der Waals surface area contributed by atoms with E-state index in [9.17, 15) is 14.4 Å². The second-order valence-corrected chi connectivity index (χ2v) is 6.18. The maximum absolute atomic E-state index is 12.2. The van der Waals surface area contributed by atoms with Gasteiger partial charge in [0.05, 0.1) is 0 Å². The van der Waals surface area contributed by atoms with Gasteiger partial charge in [0.25, 0.3) is 0 Å². The number of hydrogen-bond acceptors (Lipinski definition) is 5. The summed E-state index contributed by atoms with van der Waals surface area (Å²) in [4.78, 5) is 35.3. The summed E-state index contributed by atoms with van der Waals surface area (Å²) in [5.41, 5.74) is 2.05. The van der Waals surface area contributed by atoms with Crippen LogP contribution in [0.15, 0.2) is 42.5 Å². The molecule has 2 aromatic carbocycles. The summed E-state index contributed by atoms with van der Waals surface area (Å²) < 4.78 is 10.2. The van der Waals surface area contributed by atoms with Crippen LogP contribution in [0.1, 0.15) is 22.3 Å². The Labute approximate surface area is 155 Å². The first kappa shape index (κ1) is 17.9. The zero-order valence-electron chi connectivity index (χ0n) is 13.8. The SMILES string of the molecule is O=C1CCc2cc(C(=O)COC(=O)COc3ccc(Cl)cc3)ccc2N1. The lowest BCUT2D eigenvalue weighted by molar-refractivity contribution is -0.144. The fourth-order valence-electron chi connectivity index (χ4n) is 2.50. The zero-order chi connectivity index (χ0) is 18.5. The van der Waals surface area contributed by atoms with Crippen molar-refractivity contribution in [3.63, 3.8) is 0 Å². The van der Waals surface area contributed by atoms with Crippen LogP contribution in [0, 0.1) is 0 Å². The number of benzene rings is 2. The van der Waals surface area contributed by atoms with Gasteiger partial charge in [-0.25, -0.2) is 4.79 Å². The van der Waals surface area contributed by atoms with Gasteiger partial charge in [-0.05, 0) is 54.4 Å². The highest BCUT2D eigenvalue weighted by atomic mass is 35.5. The molecule has 0 aromatic heterocycles. The monoisotopic (exact) mass is 373 g/mol. The van der Waals surface area contributed by atoms with Crippen molar-refractivity contribution in [2.45, 2.75) is 12.8 Å². The quantitative estimate of drug-likeness (QED) is 0.621. The maximum Gasteiger partial charge on any atom is 0.344 e. The van der Waals surface area contributed by atoms with Gasteiger partial charge >= 0.3 is 5.97 Å². The Hall–Kier alpha value is -2.86. The molecule has 0 saturated carbocycles. The van der Waals surface area contributed by atoms with Crippen LogP contribution in [0.3, 0.4) is 0 Å². The van der Waals surface area contributed by atoms with E-state index in [0.717, 1.165) is 5.56 Å². The Kier molecular flexibility index (Phi) is 5.53. The van der Waals surface area contributed by atoms with Crippen molar-refractivity contribution in [2.24, 2.45) is 0 Å². The standard InChI is InChI=1S/C19H16ClNO5/c20-14-3-5-15(6-4-14)25-11-19(24)26-10-17(22)13-1-7-16-12(9-13)2-8-18(23)21-16/h1,3-7,9H,2,8,10-11H2,(H,21,23). The van der Waals surface area contributed by atoms with Gasteiger partial charge in [0.2, 0.25) is 5.91 Å². The van der Waals surface area contributed by atoms with Gasteiger partial charge in [0.1, 0.15) is 5.75 Å². The molecule has 26 heavy (non-hydrogen) atoms. The number of rotatable bonds is 6. The molecule has 0 atom stereocenters. The fourth-order valence-corrected chi connectivity index (χ4v) is 2.63. The van der Waals surface area contributed by atoms with Gasteiger partial charge in [-0.15, -0.1) is 0 Å². The molecule has 0 saturated heterocycles. The predicted octanol–water partition coefficient (Wildman–Crippen LogP) is 3.03. The highest BCUT2D eigenvalue weighted by molar-refractivity contribution is 6.30. The van der Waals surface area contributed by atoms with E-state index in [2.05, 4.69) is 5.32 Å². The first-order valence-corrected chi connectivity index (χ1v) is 8.39. The summed E-state index contributed by atoms with van der Waals surface area (Å²) in [6, 6.07) is 11.6. The minimum absolute atomic E-state index is 0.0359. The van der Waals surface area contributed by atoms with Crippen molar-refractivity contribution in [2.75, 3.05) is 18.5 Å². The zero-order valence-corrected chi connectivity index (χ0v) is 14.5. The summed E-state index contributed by atoms with van der Waals surface area (Å²) in [7, 11) is 0. The van der Waals surface area contributed by atoms with Crippen molar-refractivity contribution in [1.82, 2.24) is 0 Å². The molecule has 0 unspecified atom stereocenters. The molecule has 1 heterocycles. The number of nitrogens with one attached hydrogen (secondary N) is 1. The van der Waals surface area contributed by atoms with Crippen LogP contribution in [0.2, 0.25) is 5.02 Å². The average Bonchev–Trinajstić information content (AvgIpc) is 2.65. The molecule has 1 aliphatic rings. The third-order valence-corrected chi connectivity index (χ3v) is 4.11. The average molecular weight is 374 g/mol. The van der Waals surface area contributed by atoms with Crippen LogP contribution in [0.25, 0.3) is 0 Å². The van der Waals surface area contributed by atoms with Crippen LogP contribution in [0.4, 0.5) is 5.69 Å². The summed E-state index contributed by atoms with van der Waals surface area (Å²) >= 11 is 5.76. The number of carbonyl (C=O) groups is 3. The summed E-state index contributed by atoms with van der Waals surface area (Å²) in [5.74, 6) is -0.510. The van der Waals surface area contributed by atoms with E-state index in [-0.39, 0.29) is 24.9 Å². The highest BCUT2D eigenvalue weighted by Gasteiger charge is 2.17. The van der Waals surface area contributed by atoms with Crippen molar-refractivity contribution in [1.29, 1.82) is 0 Å². The fraction of sp³-hybridized carbons (Fsp3) is 0.211. The van der Waals surface area contributed by atoms with E-state index >= 15 is 0 Å². The normalized spacial score (nSPS) is 12.7. The molecule has 3 rings (SSSR count). The van der Waals surface area contributed by atoms with Crippen molar-refractivity contribution < 1.29 is 23.9 Å². The van der Waals surface area contributed by atoms with E-state index in [1.807, 2.05) is 0 Å². The van der Waals surface area contributed by atoms with Crippen LogP contribution in [0.5, 0.6) is 5.75 Å². The van der Waals surface area contributed by atoms with Gasteiger partial charge < -0.3 is 14.8 Å². The van der Waals surface area contributed by atoms with Crippen LogP contribution >= 0.6 is 11.6 Å². The molecule has 0 fully saturated rings. The molecule has 1 amide bonds. The Bertz CT molecular complexity index is 848. The number of carbonyl (C=O) groups excluding carboxylic acids is 3. The number of hydrogen-bond donors (Lipinski definition) is 1. The first-order valence-electron chi connectivity index (χ1n) is 8.01. The Morgan fingerprint density at radius 3 is 2.58 bits per heavy atom. The second-order valence-electron chi connectivity index (χ2n) is 5.75. The molecule has 0 radical (unpaired) electrons. The smallest absolute Gasteiger partial charge is 0.344 e. The minimum Gasteiger partial charge on any atom is -0.482 e. The van der Waals surface area contributed by atoms with E-state index in [0.29, 0.717) is 34.9 Å². The number of anilines is 1. The molecule has 0 aliphatic carbocycles. The summed E-state index contributed by atoms with van der Waals surface area (Å²) in [5, 5.41) is 3.32. The number of amides is 1. The molecular formula is C19H16ClNO5. The van der Waals surface area contributed by atoms with Crippen molar-refractivity contribution in [3.05, 3.63) is 58.6 Å². The topological polar surface area (TPSA) is 81.7 Å². The third kappa shape index (κ3) is 4.61. The number of aryl methyl sites for hydroxylation is 1. The summed E-state index contributed by atoms with van der Waals surface area (Å²) in [6.07, 6.45) is 0.971. The predicted molar refractivity (Wildman–Crippen MR) is 95.6 cm³/mol. The molecule has 2 aromatic rings. The van der Waals surface area contributed by atoms with Crippen molar-refractivity contribution in [3.8, 4) is 5.75 Å². The molecule has 134 valence electrons. The van der Waals surface area contributed by atoms with E-state index in [1.54, 1.807) is 42.5 Å². The molecule has 1 aliphatic heterocycles. The largest absolute Gasteiger partial charge is 0.482 e. The molecule has 0 spiro atoms. The number of Topliss-reactive ketones (excluding diaryl/α,β-unsaturated/α-hetero) is 1. The first-order chi connectivity index (χ1) is 12.5. The third-order valence-electron chi connectivity index (χ3n) is 3.86. The number of ether oxygens (including phenoxy) is 2. The van der Waals surface area contributed by atoms with Gasteiger partial charge in [0, 0.05) is 22.7 Å². The molecule has 0 bridgehead atoms. The van der Waals surface area contributed by atoms with Gasteiger partial charge in [-0.3, -0.25) is 9.59 Å². The summed E-state index contributed by atoms with van der Waals surface area (Å²) in [6.45, 7) is -0.668. The van der Waals surface area contributed by atoms with Crippen LogP contribution in [-0.4, -0.2) is 30.9 Å². The van der Waals surface area contributed by atoms with Gasteiger partial charge in [-0.2, -0.15) is 0 Å². The number of halogens is 1. The number of fused-ring (bicyclic) bond motifs is 1. The minimum atomic E-state index is -0.640. The lowest BCUT2D eigenvalue weighted by Crippen LogP contribution is -2.21. The van der Waals surface area contributed by atoms with E-state index < -0.39 is 5.97 Å². The lowest BCUT2D eigenvalue weighted by atomic mass is 9.99. The van der Waals surface area contributed by atoms with Crippen LogP contribution in [-0.2, 0) is 20.7 Å².